The van der Waals surface area contributed by atoms with Gasteiger partial charge in [-0.05, 0) is 45.0 Å². The highest BCUT2D eigenvalue weighted by Gasteiger charge is 2.26. The Morgan fingerprint density at radius 3 is 2.95 bits per heavy atom. The third kappa shape index (κ3) is 2.19. The Balaban J connectivity index is 2.04. The number of nitrogens with zero attached hydrogens (tertiary/aromatic N) is 3. The Kier molecular flexibility index (Phi) is 3.15. The molecule has 0 bridgehead atoms. The Bertz CT molecular complexity index is 607. The molecule has 1 aliphatic heterocycles. The van der Waals surface area contributed by atoms with Gasteiger partial charge in [0.15, 0.2) is 0 Å². The lowest BCUT2D eigenvalue weighted by Gasteiger charge is -2.36. The summed E-state index contributed by atoms with van der Waals surface area (Å²) in [4.78, 5) is 6.83. The number of likely N-dealkylation sites (tertiary alicyclic amines) is 1. The average Bonchev–Trinajstić information content (AvgIpc) is 2.68. The number of nitrogens with two attached hydrogens (primary N) is 1. The van der Waals surface area contributed by atoms with Gasteiger partial charge in [0.25, 0.3) is 0 Å². The van der Waals surface area contributed by atoms with Gasteiger partial charge >= 0.3 is 0 Å². The van der Waals surface area contributed by atoms with Gasteiger partial charge in [0.1, 0.15) is 0 Å². The average molecular weight is 279 g/mol. The summed E-state index contributed by atoms with van der Waals surface area (Å²) in [5.74, 6) is 0.596. The highest BCUT2D eigenvalue weighted by Crippen LogP contribution is 2.32. The van der Waals surface area contributed by atoms with Crippen molar-refractivity contribution in [1.82, 2.24) is 14.5 Å². The van der Waals surface area contributed by atoms with E-state index in [0.29, 0.717) is 18.0 Å². The number of imidazole rings is 1. The largest absolute Gasteiger partial charge is 0.369 e. The Morgan fingerprint density at radius 1 is 1.42 bits per heavy atom. The zero-order chi connectivity index (χ0) is 13.6. The summed E-state index contributed by atoms with van der Waals surface area (Å²) < 4.78 is 2.16. The minimum absolute atomic E-state index is 0.412. The minimum Gasteiger partial charge on any atom is -0.369 e. The fraction of sp³-hybridized carbons (Fsp3) is 0.500. The molecule has 0 radical (unpaired) electrons. The lowest BCUT2D eigenvalue weighted by molar-refractivity contribution is 0.159. The van der Waals surface area contributed by atoms with Gasteiger partial charge in [0.2, 0.25) is 5.95 Å². The first-order valence-corrected chi connectivity index (χ1v) is 7.07. The summed E-state index contributed by atoms with van der Waals surface area (Å²) in [5.41, 5.74) is 8.08. The van der Waals surface area contributed by atoms with Crippen molar-refractivity contribution in [3.63, 3.8) is 0 Å². The molecule has 0 spiro atoms. The van der Waals surface area contributed by atoms with Crippen LogP contribution in [0, 0.1) is 0 Å². The van der Waals surface area contributed by atoms with Crippen LogP contribution in [-0.4, -0.2) is 34.1 Å². The molecule has 1 aromatic heterocycles. The second-order valence-electron chi connectivity index (χ2n) is 5.48. The van der Waals surface area contributed by atoms with E-state index in [4.69, 9.17) is 17.3 Å². The Labute approximate surface area is 118 Å². The van der Waals surface area contributed by atoms with E-state index in [9.17, 15) is 0 Å². The van der Waals surface area contributed by atoms with Crippen LogP contribution in [0.25, 0.3) is 11.0 Å². The number of hydrogen-bond acceptors (Lipinski definition) is 3. The lowest BCUT2D eigenvalue weighted by Crippen LogP contribution is -2.38. The van der Waals surface area contributed by atoms with Gasteiger partial charge in [-0.1, -0.05) is 11.6 Å². The molecule has 2 N–H and O–H groups in total. The van der Waals surface area contributed by atoms with E-state index in [1.165, 1.54) is 0 Å². The highest BCUT2D eigenvalue weighted by atomic mass is 35.5. The molecule has 4 nitrogen and oxygen atoms in total. The first-order valence-electron chi connectivity index (χ1n) is 6.69. The number of rotatable bonds is 1. The zero-order valence-electron chi connectivity index (χ0n) is 11.3. The normalized spacial score (nSPS) is 25.0. The maximum atomic E-state index is 6.11. The van der Waals surface area contributed by atoms with Crippen LogP contribution in [0.1, 0.15) is 25.8 Å². The van der Waals surface area contributed by atoms with Gasteiger partial charge in [-0.3, -0.25) is 0 Å². The molecule has 0 saturated carbocycles. The third-order valence-electron chi connectivity index (χ3n) is 4.22. The number of nitrogen functional groups attached to an aromatic ring is 1. The molecule has 2 heterocycles. The van der Waals surface area contributed by atoms with Crippen LogP contribution in [0.2, 0.25) is 5.02 Å². The van der Waals surface area contributed by atoms with E-state index in [0.717, 1.165) is 35.4 Å². The van der Waals surface area contributed by atoms with Crippen LogP contribution in [-0.2, 0) is 0 Å². The van der Waals surface area contributed by atoms with E-state index in [2.05, 4.69) is 28.4 Å². The molecule has 5 heteroatoms. The molecule has 2 aromatic rings. The van der Waals surface area contributed by atoms with Crippen LogP contribution in [0.5, 0.6) is 0 Å². The first kappa shape index (κ1) is 12.8. The molecule has 2 unspecified atom stereocenters. The van der Waals surface area contributed by atoms with Crippen molar-refractivity contribution in [2.45, 2.75) is 31.8 Å². The molecule has 0 amide bonds. The number of anilines is 1. The minimum atomic E-state index is 0.412. The highest BCUT2D eigenvalue weighted by molar-refractivity contribution is 6.31. The fourth-order valence-corrected chi connectivity index (χ4v) is 3.13. The molecule has 0 aliphatic carbocycles. The van der Waals surface area contributed by atoms with Crippen molar-refractivity contribution < 1.29 is 0 Å². The maximum Gasteiger partial charge on any atom is 0.201 e. The van der Waals surface area contributed by atoms with Crippen LogP contribution in [0.15, 0.2) is 18.2 Å². The number of hydrogen-bond donors (Lipinski definition) is 1. The standard InChI is InChI=1S/C14H19ClN4/c1-9-7-11(5-6-18(9)2)19-13-8-10(15)3-4-12(13)17-14(19)16/h3-4,8-9,11H,5-7H2,1-2H3,(H2,16,17). The van der Waals surface area contributed by atoms with Crippen molar-refractivity contribution in [1.29, 1.82) is 0 Å². The molecule has 1 aliphatic rings. The van der Waals surface area contributed by atoms with Crippen molar-refractivity contribution in [3.8, 4) is 0 Å². The van der Waals surface area contributed by atoms with Crippen LogP contribution < -0.4 is 5.73 Å². The molecule has 3 rings (SSSR count). The second kappa shape index (κ2) is 4.69. The van der Waals surface area contributed by atoms with Gasteiger partial charge in [0.05, 0.1) is 11.0 Å². The van der Waals surface area contributed by atoms with E-state index in [1.807, 2.05) is 18.2 Å². The van der Waals surface area contributed by atoms with E-state index < -0.39 is 0 Å². The number of piperidine rings is 1. The van der Waals surface area contributed by atoms with Crippen molar-refractivity contribution in [3.05, 3.63) is 23.2 Å². The van der Waals surface area contributed by atoms with Crippen molar-refractivity contribution >= 4 is 28.6 Å². The summed E-state index contributed by atoms with van der Waals surface area (Å²) in [6.07, 6.45) is 2.20. The lowest BCUT2D eigenvalue weighted by atomic mass is 9.98. The number of benzene rings is 1. The second-order valence-corrected chi connectivity index (χ2v) is 5.92. The quantitative estimate of drug-likeness (QED) is 0.872. The van der Waals surface area contributed by atoms with Crippen LogP contribution in [0.4, 0.5) is 5.95 Å². The van der Waals surface area contributed by atoms with Gasteiger partial charge in [0, 0.05) is 23.7 Å². The summed E-state index contributed by atoms with van der Waals surface area (Å²) in [6, 6.07) is 6.73. The Morgan fingerprint density at radius 2 is 2.21 bits per heavy atom. The SMILES string of the molecule is CC1CC(n2c(N)nc3ccc(Cl)cc32)CCN1C. The third-order valence-corrected chi connectivity index (χ3v) is 4.46. The first-order chi connectivity index (χ1) is 9.06. The molecular weight excluding hydrogens is 260 g/mol. The van der Waals surface area contributed by atoms with Crippen LogP contribution >= 0.6 is 11.6 Å². The van der Waals surface area contributed by atoms with E-state index in [-0.39, 0.29) is 0 Å². The molecular formula is C14H19ClN4. The molecule has 1 aromatic carbocycles. The molecule has 2 atom stereocenters. The molecule has 19 heavy (non-hydrogen) atoms. The number of aromatic nitrogens is 2. The number of halogens is 1. The molecule has 1 saturated heterocycles. The summed E-state index contributed by atoms with van der Waals surface area (Å²) in [7, 11) is 2.17. The van der Waals surface area contributed by atoms with Gasteiger partial charge in [-0.15, -0.1) is 0 Å². The summed E-state index contributed by atoms with van der Waals surface area (Å²) in [5, 5.41) is 0.731. The predicted molar refractivity (Wildman–Crippen MR) is 79.5 cm³/mol. The smallest absolute Gasteiger partial charge is 0.201 e. The fourth-order valence-electron chi connectivity index (χ4n) is 2.97. The van der Waals surface area contributed by atoms with Gasteiger partial charge < -0.3 is 15.2 Å². The summed E-state index contributed by atoms with van der Waals surface area (Å²) >= 11 is 6.10. The van der Waals surface area contributed by atoms with Crippen LogP contribution in [0.3, 0.4) is 0 Å². The van der Waals surface area contributed by atoms with Gasteiger partial charge in [-0.2, -0.15) is 0 Å². The van der Waals surface area contributed by atoms with E-state index >= 15 is 0 Å². The number of fused-ring (bicyclic) bond motifs is 1. The topological polar surface area (TPSA) is 47.1 Å². The zero-order valence-corrected chi connectivity index (χ0v) is 12.1. The molecule has 102 valence electrons. The predicted octanol–water partition coefficient (Wildman–Crippen LogP) is 2.93. The van der Waals surface area contributed by atoms with Gasteiger partial charge in [-0.25, -0.2) is 4.98 Å². The monoisotopic (exact) mass is 278 g/mol. The Hall–Kier alpha value is -1.26. The van der Waals surface area contributed by atoms with Crippen molar-refractivity contribution in [2.75, 3.05) is 19.3 Å². The van der Waals surface area contributed by atoms with E-state index in [1.54, 1.807) is 0 Å². The van der Waals surface area contributed by atoms with Crippen molar-refractivity contribution in [2.24, 2.45) is 0 Å². The summed E-state index contributed by atoms with van der Waals surface area (Å²) in [6.45, 7) is 3.35. The molecule has 1 fully saturated rings. The maximum absolute atomic E-state index is 6.11.